The number of carbonyl (C=O) groups is 1. The van der Waals surface area contributed by atoms with E-state index in [1.54, 1.807) is 36.4 Å². The van der Waals surface area contributed by atoms with Crippen LogP contribution >= 0.6 is 0 Å². The van der Waals surface area contributed by atoms with Gasteiger partial charge in [0.1, 0.15) is 23.1 Å². The zero-order valence-electron chi connectivity index (χ0n) is 13.5. The highest BCUT2D eigenvalue weighted by molar-refractivity contribution is 5.97. The van der Waals surface area contributed by atoms with E-state index in [1.807, 2.05) is 18.2 Å². The van der Waals surface area contributed by atoms with Gasteiger partial charge in [-0.3, -0.25) is 4.79 Å². The second-order valence-electron chi connectivity index (χ2n) is 5.31. The first-order valence-corrected chi connectivity index (χ1v) is 7.73. The molecule has 0 aromatic heterocycles. The largest absolute Gasteiger partial charge is 0.457 e. The molecule has 0 unspecified atom stereocenters. The fourth-order valence-corrected chi connectivity index (χ4v) is 2.23. The van der Waals surface area contributed by atoms with Crippen molar-refractivity contribution in [3.05, 3.63) is 95.6 Å². The molecule has 0 radical (unpaired) electrons. The van der Waals surface area contributed by atoms with E-state index in [0.717, 1.165) is 24.4 Å². The Kier molecular flexibility index (Phi) is 5.34. The number of carbonyl (C=O) groups excluding carboxylic acids is 1. The second-order valence-corrected chi connectivity index (χ2v) is 5.31. The normalized spacial score (nSPS) is 10.7. The molecular weight excluding hydrogens is 338 g/mol. The topological polar surface area (TPSA) is 50.7 Å². The first-order chi connectivity index (χ1) is 12.6. The molecule has 3 rings (SSSR count). The SMILES string of the molecule is O=C(NN=Cc1cc(F)cc(F)c1)c1ccccc1Oc1ccccc1. The Bertz CT molecular complexity index is 923. The summed E-state index contributed by atoms with van der Waals surface area (Å²) in [4.78, 5) is 12.3. The van der Waals surface area contributed by atoms with Gasteiger partial charge in [0, 0.05) is 11.6 Å². The van der Waals surface area contributed by atoms with Crippen LogP contribution in [0.1, 0.15) is 15.9 Å². The van der Waals surface area contributed by atoms with Crippen molar-refractivity contribution in [2.24, 2.45) is 5.10 Å². The highest BCUT2D eigenvalue weighted by Crippen LogP contribution is 2.24. The van der Waals surface area contributed by atoms with Gasteiger partial charge in [-0.05, 0) is 36.4 Å². The lowest BCUT2D eigenvalue weighted by atomic mass is 10.2. The molecule has 26 heavy (non-hydrogen) atoms. The van der Waals surface area contributed by atoms with E-state index < -0.39 is 17.5 Å². The number of nitrogens with zero attached hydrogens (tertiary/aromatic N) is 1. The van der Waals surface area contributed by atoms with Crippen LogP contribution in [-0.2, 0) is 0 Å². The summed E-state index contributed by atoms with van der Waals surface area (Å²) in [5, 5.41) is 3.73. The minimum atomic E-state index is -0.723. The van der Waals surface area contributed by atoms with Crippen LogP contribution in [0, 0.1) is 11.6 Å². The highest BCUT2D eigenvalue weighted by Gasteiger charge is 2.12. The summed E-state index contributed by atoms with van der Waals surface area (Å²) in [5.74, 6) is -1.00. The summed E-state index contributed by atoms with van der Waals surface area (Å²) in [6, 6.07) is 18.7. The Hall–Kier alpha value is -3.54. The van der Waals surface area contributed by atoms with Crippen molar-refractivity contribution in [2.45, 2.75) is 0 Å². The fourth-order valence-electron chi connectivity index (χ4n) is 2.23. The molecule has 6 heteroatoms. The lowest BCUT2D eigenvalue weighted by Gasteiger charge is -2.09. The van der Waals surface area contributed by atoms with Crippen LogP contribution in [-0.4, -0.2) is 12.1 Å². The van der Waals surface area contributed by atoms with Gasteiger partial charge in [0.15, 0.2) is 0 Å². The summed E-state index contributed by atoms with van der Waals surface area (Å²) in [7, 11) is 0. The van der Waals surface area contributed by atoms with E-state index in [2.05, 4.69) is 10.5 Å². The molecule has 0 aliphatic carbocycles. The summed E-state index contributed by atoms with van der Waals surface area (Å²) in [5.41, 5.74) is 2.79. The minimum Gasteiger partial charge on any atom is -0.457 e. The van der Waals surface area contributed by atoms with Gasteiger partial charge < -0.3 is 4.74 Å². The maximum atomic E-state index is 13.1. The number of benzene rings is 3. The maximum absolute atomic E-state index is 13.1. The van der Waals surface area contributed by atoms with E-state index in [9.17, 15) is 13.6 Å². The number of hydrogen-bond donors (Lipinski definition) is 1. The number of ether oxygens (including phenoxy) is 1. The quantitative estimate of drug-likeness (QED) is 0.542. The van der Waals surface area contributed by atoms with Crippen LogP contribution in [0.5, 0.6) is 11.5 Å². The van der Waals surface area contributed by atoms with Crippen molar-refractivity contribution >= 4 is 12.1 Å². The second kappa shape index (κ2) is 8.02. The van der Waals surface area contributed by atoms with Crippen LogP contribution in [0.15, 0.2) is 77.9 Å². The van der Waals surface area contributed by atoms with Gasteiger partial charge in [-0.1, -0.05) is 30.3 Å². The van der Waals surface area contributed by atoms with Gasteiger partial charge in [-0.25, -0.2) is 14.2 Å². The Morgan fingerprint density at radius 1 is 0.923 bits per heavy atom. The molecule has 3 aromatic rings. The predicted octanol–water partition coefficient (Wildman–Crippen LogP) is 4.52. The van der Waals surface area contributed by atoms with Crippen molar-refractivity contribution in [2.75, 3.05) is 0 Å². The predicted molar refractivity (Wildman–Crippen MR) is 94.4 cm³/mol. The number of hydrazone groups is 1. The number of amides is 1. The molecule has 0 fully saturated rings. The third-order valence-corrected chi connectivity index (χ3v) is 3.37. The first-order valence-electron chi connectivity index (χ1n) is 7.73. The van der Waals surface area contributed by atoms with Crippen LogP contribution in [0.25, 0.3) is 0 Å². The van der Waals surface area contributed by atoms with Crippen LogP contribution in [0.3, 0.4) is 0 Å². The Morgan fingerprint density at radius 3 is 2.31 bits per heavy atom. The molecule has 0 spiro atoms. The third-order valence-electron chi connectivity index (χ3n) is 3.37. The van der Waals surface area contributed by atoms with Crippen molar-refractivity contribution in [3.63, 3.8) is 0 Å². The maximum Gasteiger partial charge on any atom is 0.275 e. The van der Waals surface area contributed by atoms with E-state index >= 15 is 0 Å². The molecule has 0 saturated heterocycles. The number of hydrogen-bond acceptors (Lipinski definition) is 3. The number of rotatable bonds is 5. The van der Waals surface area contributed by atoms with Gasteiger partial charge in [0.25, 0.3) is 5.91 Å². The van der Waals surface area contributed by atoms with E-state index in [4.69, 9.17) is 4.74 Å². The molecule has 1 amide bonds. The van der Waals surface area contributed by atoms with Gasteiger partial charge in [0.2, 0.25) is 0 Å². The van der Waals surface area contributed by atoms with Crippen LogP contribution < -0.4 is 10.2 Å². The molecule has 0 aliphatic heterocycles. The minimum absolute atomic E-state index is 0.191. The molecule has 1 N–H and O–H groups in total. The fraction of sp³-hybridized carbons (Fsp3) is 0. The Balaban J connectivity index is 1.73. The molecule has 3 aromatic carbocycles. The first kappa shape index (κ1) is 17.3. The van der Waals surface area contributed by atoms with Gasteiger partial charge >= 0.3 is 0 Å². The van der Waals surface area contributed by atoms with Crippen LogP contribution in [0.4, 0.5) is 8.78 Å². The molecule has 4 nitrogen and oxygen atoms in total. The molecular formula is C20H14F2N2O2. The number of halogens is 2. The summed E-state index contributed by atoms with van der Waals surface area (Å²) in [6.07, 6.45) is 1.16. The lowest BCUT2D eigenvalue weighted by molar-refractivity contribution is 0.0953. The monoisotopic (exact) mass is 352 g/mol. The highest BCUT2D eigenvalue weighted by atomic mass is 19.1. The number of nitrogens with one attached hydrogen (secondary N) is 1. The zero-order chi connectivity index (χ0) is 18.4. The molecule has 0 atom stereocenters. The van der Waals surface area contributed by atoms with E-state index in [1.165, 1.54) is 0 Å². The van der Waals surface area contributed by atoms with Gasteiger partial charge in [0.05, 0.1) is 11.8 Å². The molecule has 0 saturated carbocycles. The molecule has 0 heterocycles. The van der Waals surface area contributed by atoms with E-state index in [-0.39, 0.29) is 11.1 Å². The van der Waals surface area contributed by atoms with Crippen molar-refractivity contribution in [1.82, 2.24) is 5.43 Å². The molecule has 130 valence electrons. The Morgan fingerprint density at radius 2 is 1.58 bits per heavy atom. The standard InChI is InChI=1S/C20H14F2N2O2/c21-15-10-14(11-16(22)12-15)13-23-24-20(25)18-8-4-5-9-19(18)26-17-6-2-1-3-7-17/h1-13H,(H,24,25). The average Bonchev–Trinajstić information content (AvgIpc) is 2.62. The van der Waals surface area contributed by atoms with Crippen LogP contribution in [0.2, 0.25) is 0 Å². The number of para-hydroxylation sites is 2. The molecule has 0 bridgehead atoms. The van der Waals surface area contributed by atoms with E-state index in [0.29, 0.717) is 11.5 Å². The summed E-state index contributed by atoms with van der Waals surface area (Å²) < 4.78 is 32.0. The zero-order valence-corrected chi connectivity index (χ0v) is 13.5. The van der Waals surface area contributed by atoms with Crippen molar-refractivity contribution < 1.29 is 18.3 Å². The smallest absolute Gasteiger partial charge is 0.275 e. The summed E-state index contributed by atoms with van der Waals surface area (Å²) in [6.45, 7) is 0. The average molecular weight is 352 g/mol. The van der Waals surface area contributed by atoms with Crippen molar-refractivity contribution in [3.8, 4) is 11.5 Å². The van der Waals surface area contributed by atoms with Gasteiger partial charge in [-0.2, -0.15) is 5.10 Å². The molecule has 0 aliphatic rings. The lowest BCUT2D eigenvalue weighted by Crippen LogP contribution is -2.18. The van der Waals surface area contributed by atoms with Crippen molar-refractivity contribution in [1.29, 1.82) is 0 Å². The Labute approximate surface area is 148 Å². The summed E-state index contributed by atoms with van der Waals surface area (Å²) >= 11 is 0. The third kappa shape index (κ3) is 4.51. The van der Waals surface area contributed by atoms with Gasteiger partial charge in [-0.15, -0.1) is 0 Å².